The molecule has 0 aliphatic heterocycles. The fraction of sp³-hybridized carbons (Fsp3) is 0.407. The molecule has 32 heavy (non-hydrogen) atoms. The van der Waals surface area contributed by atoms with Gasteiger partial charge in [0, 0.05) is 11.5 Å². The highest BCUT2D eigenvalue weighted by Gasteiger charge is 2.64. The van der Waals surface area contributed by atoms with Crippen LogP contribution in [0.3, 0.4) is 0 Å². The van der Waals surface area contributed by atoms with Crippen LogP contribution in [0.5, 0.6) is 5.75 Å². The van der Waals surface area contributed by atoms with E-state index < -0.39 is 5.60 Å². The maximum atomic E-state index is 11.3. The largest absolute Gasteiger partial charge is 0.508 e. The zero-order valence-corrected chi connectivity index (χ0v) is 18.7. The topological polar surface area (TPSA) is 71.2 Å². The highest BCUT2D eigenvalue weighted by molar-refractivity contribution is 5.58. The predicted molar refractivity (Wildman–Crippen MR) is 124 cm³/mol. The summed E-state index contributed by atoms with van der Waals surface area (Å²) in [4.78, 5) is 0. The minimum Gasteiger partial charge on any atom is -0.508 e. The van der Waals surface area contributed by atoms with Gasteiger partial charge in [0.1, 0.15) is 11.4 Å². The Hall–Kier alpha value is -2.92. The number of phenols is 1. The molecule has 1 spiro atoms. The number of fused-ring (bicyclic) bond motifs is 3. The lowest BCUT2D eigenvalue weighted by Gasteiger charge is -2.42. The molecule has 2 saturated carbocycles. The minimum absolute atomic E-state index is 0.0824. The van der Waals surface area contributed by atoms with Gasteiger partial charge in [0.05, 0.1) is 18.3 Å². The summed E-state index contributed by atoms with van der Waals surface area (Å²) < 4.78 is 1.94. The summed E-state index contributed by atoms with van der Waals surface area (Å²) in [5.41, 5.74) is 6.79. The second-order valence-electron chi connectivity index (χ2n) is 10.3. The van der Waals surface area contributed by atoms with Gasteiger partial charge in [-0.25, -0.2) is 0 Å². The van der Waals surface area contributed by atoms with Crippen LogP contribution in [0.1, 0.15) is 59.8 Å². The fourth-order valence-electron chi connectivity index (χ4n) is 6.93. The van der Waals surface area contributed by atoms with Gasteiger partial charge in [-0.2, -0.15) is 0 Å². The van der Waals surface area contributed by atoms with Crippen molar-refractivity contribution in [2.24, 2.45) is 5.41 Å². The van der Waals surface area contributed by atoms with Crippen LogP contribution in [0.4, 0.5) is 0 Å². The molecule has 3 aliphatic carbocycles. The molecule has 2 bridgehead atoms. The first kappa shape index (κ1) is 19.7. The Balaban J connectivity index is 1.43. The quantitative estimate of drug-likeness (QED) is 0.577. The molecular formula is C27H29N3O2. The smallest absolute Gasteiger partial charge is 0.118 e. The first-order valence-corrected chi connectivity index (χ1v) is 11.5. The Morgan fingerprint density at radius 1 is 1.16 bits per heavy atom. The van der Waals surface area contributed by atoms with Crippen molar-refractivity contribution in [1.29, 1.82) is 0 Å². The van der Waals surface area contributed by atoms with Gasteiger partial charge in [0.25, 0.3) is 0 Å². The lowest BCUT2D eigenvalue weighted by molar-refractivity contribution is 0.00370. The zero-order valence-electron chi connectivity index (χ0n) is 18.7. The average Bonchev–Trinajstić information content (AvgIpc) is 3.38. The van der Waals surface area contributed by atoms with Crippen molar-refractivity contribution < 1.29 is 10.2 Å². The Kier molecular flexibility index (Phi) is 4.04. The Morgan fingerprint density at radius 2 is 1.94 bits per heavy atom. The van der Waals surface area contributed by atoms with Crippen molar-refractivity contribution in [3.05, 3.63) is 77.0 Å². The van der Waals surface area contributed by atoms with E-state index in [9.17, 15) is 10.2 Å². The molecule has 0 saturated heterocycles. The molecule has 3 aromatic rings. The summed E-state index contributed by atoms with van der Waals surface area (Å²) in [6.07, 6.45) is 5.31. The molecule has 3 aliphatic rings. The van der Waals surface area contributed by atoms with Crippen molar-refractivity contribution >= 4 is 0 Å². The molecule has 6 rings (SSSR count). The number of aromatic nitrogens is 3. The average molecular weight is 428 g/mol. The van der Waals surface area contributed by atoms with E-state index in [0.29, 0.717) is 18.2 Å². The van der Waals surface area contributed by atoms with Gasteiger partial charge in [0.15, 0.2) is 0 Å². The van der Waals surface area contributed by atoms with Crippen LogP contribution in [-0.2, 0) is 6.54 Å². The van der Waals surface area contributed by atoms with Crippen LogP contribution >= 0.6 is 0 Å². The van der Waals surface area contributed by atoms with Crippen LogP contribution in [0.25, 0.3) is 11.3 Å². The molecule has 0 unspecified atom stereocenters. The van der Waals surface area contributed by atoms with E-state index in [1.54, 1.807) is 0 Å². The maximum absolute atomic E-state index is 11.3. The summed E-state index contributed by atoms with van der Waals surface area (Å²) in [6, 6.07) is 12.3. The summed E-state index contributed by atoms with van der Waals surface area (Å²) in [5, 5.41) is 30.8. The van der Waals surface area contributed by atoms with Gasteiger partial charge in [-0.3, -0.25) is 4.68 Å². The lowest BCUT2D eigenvalue weighted by atomic mass is 9.63. The summed E-state index contributed by atoms with van der Waals surface area (Å²) in [5.74, 6) is 0.865. The fourth-order valence-corrected chi connectivity index (χ4v) is 6.93. The minimum atomic E-state index is -0.762. The number of aliphatic hydroxyl groups is 1. The highest BCUT2D eigenvalue weighted by atomic mass is 16.3. The van der Waals surface area contributed by atoms with E-state index in [1.807, 2.05) is 23.9 Å². The number of hydrogen-bond donors (Lipinski definition) is 2. The third-order valence-corrected chi connectivity index (χ3v) is 8.56. The van der Waals surface area contributed by atoms with Crippen LogP contribution in [0.2, 0.25) is 0 Å². The zero-order chi connectivity index (χ0) is 22.3. The molecule has 2 fully saturated rings. The molecule has 4 atom stereocenters. The SMILES string of the molecule is C=C1C[C@]23C[C@@]1(O)CC[C@H]2c1ccc(O)c(C)c1[C@@H]3Cn1cc(-c2ccc(C)cc2)nn1. The van der Waals surface area contributed by atoms with Crippen molar-refractivity contribution in [3.63, 3.8) is 0 Å². The second-order valence-corrected chi connectivity index (χ2v) is 10.3. The van der Waals surface area contributed by atoms with Crippen molar-refractivity contribution in [3.8, 4) is 17.0 Å². The molecule has 2 N–H and O–H groups in total. The van der Waals surface area contributed by atoms with Crippen molar-refractivity contribution in [2.75, 3.05) is 0 Å². The Labute approximate surface area is 188 Å². The van der Waals surface area contributed by atoms with Crippen molar-refractivity contribution in [2.45, 2.75) is 63.5 Å². The Morgan fingerprint density at radius 3 is 2.72 bits per heavy atom. The standard InChI is InChI=1S/C27H29N3O2/c1-16-4-6-19(7-5-16)23-14-30(29-28-23)13-22-25-18(3)24(31)9-8-20(25)21-10-11-27(32)15-26(21,22)12-17(27)2/h4-9,14,21-22,31-32H,2,10-13,15H2,1,3H3/t21-,22-,26-,27-/m0/s1. The van der Waals surface area contributed by atoms with E-state index in [2.05, 4.69) is 54.1 Å². The van der Waals surface area contributed by atoms with Crippen LogP contribution in [0.15, 0.2) is 54.7 Å². The summed E-state index contributed by atoms with van der Waals surface area (Å²) >= 11 is 0. The Bertz CT molecular complexity index is 1240. The number of aryl methyl sites for hydroxylation is 1. The molecule has 164 valence electrons. The van der Waals surface area contributed by atoms with E-state index in [0.717, 1.165) is 48.1 Å². The van der Waals surface area contributed by atoms with Crippen LogP contribution < -0.4 is 0 Å². The second kappa shape index (κ2) is 6.55. The van der Waals surface area contributed by atoms with Gasteiger partial charge in [-0.05, 0) is 79.2 Å². The summed E-state index contributed by atoms with van der Waals surface area (Å²) in [7, 11) is 0. The molecule has 0 radical (unpaired) electrons. The predicted octanol–water partition coefficient (Wildman–Crippen LogP) is 5.01. The van der Waals surface area contributed by atoms with E-state index in [4.69, 9.17) is 0 Å². The van der Waals surface area contributed by atoms with Gasteiger partial charge in [-0.15, -0.1) is 5.10 Å². The number of aromatic hydroxyl groups is 1. The number of phenolic OH excluding ortho intramolecular Hbond substituents is 1. The van der Waals surface area contributed by atoms with Crippen LogP contribution in [0, 0.1) is 19.3 Å². The molecule has 5 nitrogen and oxygen atoms in total. The molecule has 1 heterocycles. The van der Waals surface area contributed by atoms with E-state index in [1.165, 1.54) is 16.7 Å². The maximum Gasteiger partial charge on any atom is 0.118 e. The lowest BCUT2D eigenvalue weighted by Crippen LogP contribution is -2.39. The molecule has 5 heteroatoms. The molecular weight excluding hydrogens is 398 g/mol. The third-order valence-electron chi connectivity index (χ3n) is 8.56. The normalized spacial score (nSPS) is 30.4. The molecule has 1 aromatic heterocycles. The number of hydrogen-bond acceptors (Lipinski definition) is 4. The monoisotopic (exact) mass is 427 g/mol. The summed E-state index contributed by atoms with van der Waals surface area (Å²) in [6.45, 7) is 9.06. The van der Waals surface area contributed by atoms with Gasteiger partial charge < -0.3 is 10.2 Å². The number of benzene rings is 2. The van der Waals surface area contributed by atoms with E-state index >= 15 is 0 Å². The molecule has 2 aromatic carbocycles. The van der Waals surface area contributed by atoms with Gasteiger partial charge >= 0.3 is 0 Å². The first-order valence-electron chi connectivity index (χ1n) is 11.5. The van der Waals surface area contributed by atoms with Crippen molar-refractivity contribution in [1.82, 2.24) is 15.0 Å². The van der Waals surface area contributed by atoms with Gasteiger partial charge in [-0.1, -0.05) is 47.7 Å². The van der Waals surface area contributed by atoms with E-state index in [-0.39, 0.29) is 11.3 Å². The first-order chi connectivity index (χ1) is 15.3. The van der Waals surface area contributed by atoms with Crippen LogP contribution in [-0.4, -0.2) is 30.8 Å². The third kappa shape index (κ3) is 2.61. The highest BCUT2D eigenvalue weighted by Crippen LogP contribution is 2.71. The molecule has 0 amide bonds. The number of nitrogens with zero attached hydrogens (tertiary/aromatic N) is 3. The number of rotatable bonds is 3. The van der Waals surface area contributed by atoms with Gasteiger partial charge in [0.2, 0.25) is 0 Å².